The van der Waals surface area contributed by atoms with Gasteiger partial charge in [-0.15, -0.1) is 0 Å². The number of para-hydroxylation sites is 3. The Hall–Kier alpha value is -7.62. The first-order valence-corrected chi connectivity index (χ1v) is 19.5. The molecule has 0 bridgehead atoms. The second-order valence-electron chi connectivity index (χ2n) is 14.9. The predicted octanol–water partition coefficient (Wildman–Crippen LogP) is 14.8. The maximum absolute atomic E-state index is 6.72. The van der Waals surface area contributed by atoms with Gasteiger partial charge in [-0.1, -0.05) is 152 Å². The van der Waals surface area contributed by atoms with Crippen molar-refractivity contribution in [2.45, 2.75) is 0 Å². The molecule has 0 aliphatic carbocycles. The Balaban J connectivity index is 1.08. The zero-order valence-corrected chi connectivity index (χ0v) is 30.9. The number of benzene rings is 9. The highest BCUT2D eigenvalue weighted by molar-refractivity contribution is 6.17. The van der Waals surface area contributed by atoms with Crippen LogP contribution in [0.25, 0.3) is 110 Å². The lowest BCUT2D eigenvalue weighted by molar-refractivity contribution is 0.670. The predicted molar refractivity (Wildman–Crippen MR) is 239 cm³/mol. The second kappa shape index (κ2) is 12.5. The van der Waals surface area contributed by atoms with E-state index < -0.39 is 0 Å². The number of hydrogen-bond acceptors (Lipinski definition) is 1. The lowest BCUT2D eigenvalue weighted by Crippen LogP contribution is -1.96. The van der Waals surface area contributed by atoms with Gasteiger partial charge in [-0.3, -0.25) is 0 Å². The summed E-state index contributed by atoms with van der Waals surface area (Å²) < 4.78 is 11.6. The van der Waals surface area contributed by atoms with Crippen molar-refractivity contribution in [1.82, 2.24) is 9.13 Å². The third-order valence-electron chi connectivity index (χ3n) is 11.7. The Bertz CT molecular complexity index is 3490. The molecule has 57 heavy (non-hydrogen) atoms. The number of hydrogen-bond donors (Lipinski definition) is 0. The van der Waals surface area contributed by atoms with Gasteiger partial charge in [-0.05, 0) is 82.4 Å². The van der Waals surface area contributed by atoms with E-state index in [4.69, 9.17) is 4.42 Å². The summed E-state index contributed by atoms with van der Waals surface area (Å²) in [7, 11) is 0. The van der Waals surface area contributed by atoms with E-state index in [9.17, 15) is 0 Å². The fraction of sp³-hybridized carbons (Fsp3) is 0. The minimum atomic E-state index is 0.886. The molecule has 12 aromatic rings. The van der Waals surface area contributed by atoms with Crippen molar-refractivity contribution in [3.8, 4) is 44.8 Å². The Morgan fingerprint density at radius 2 is 0.807 bits per heavy atom. The van der Waals surface area contributed by atoms with Crippen molar-refractivity contribution in [1.29, 1.82) is 0 Å². The lowest BCUT2D eigenvalue weighted by atomic mass is 10.0. The molecular weight excluding hydrogens is 693 g/mol. The fourth-order valence-electron chi connectivity index (χ4n) is 9.11. The van der Waals surface area contributed by atoms with Crippen molar-refractivity contribution in [3.05, 3.63) is 206 Å². The number of fused-ring (bicyclic) bond motifs is 9. The van der Waals surface area contributed by atoms with Gasteiger partial charge < -0.3 is 13.6 Å². The van der Waals surface area contributed by atoms with Gasteiger partial charge in [0.15, 0.2) is 0 Å². The first-order valence-electron chi connectivity index (χ1n) is 19.5. The Labute approximate surface area is 328 Å². The van der Waals surface area contributed by atoms with E-state index in [-0.39, 0.29) is 0 Å². The normalized spacial score (nSPS) is 11.9. The Morgan fingerprint density at radius 1 is 0.316 bits per heavy atom. The van der Waals surface area contributed by atoms with Crippen molar-refractivity contribution >= 4 is 65.6 Å². The van der Waals surface area contributed by atoms with E-state index in [0.717, 1.165) is 50.0 Å². The van der Waals surface area contributed by atoms with Crippen LogP contribution in [0.2, 0.25) is 0 Å². The fourth-order valence-corrected chi connectivity index (χ4v) is 9.11. The Morgan fingerprint density at radius 3 is 1.47 bits per heavy atom. The summed E-state index contributed by atoms with van der Waals surface area (Å²) in [6.07, 6.45) is 0. The summed E-state index contributed by atoms with van der Waals surface area (Å²) in [5, 5.41) is 7.15. The first kappa shape index (κ1) is 31.7. The maximum Gasteiger partial charge on any atom is 0.145 e. The molecule has 3 heteroatoms. The average molecular weight is 727 g/mol. The molecule has 0 N–H and O–H groups in total. The van der Waals surface area contributed by atoms with E-state index in [1.165, 1.54) is 60.3 Å². The summed E-state index contributed by atoms with van der Waals surface area (Å²) in [6.45, 7) is 0. The van der Waals surface area contributed by atoms with Gasteiger partial charge in [0, 0.05) is 38.2 Å². The lowest BCUT2D eigenvalue weighted by Gasteiger charge is -2.13. The molecule has 0 aliphatic rings. The van der Waals surface area contributed by atoms with Gasteiger partial charge in [-0.25, -0.2) is 0 Å². The third kappa shape index (κ3) is 4.86. The molecular formula is C54H34N2O. The van der Waals surface area contributed by atoms with Gasteiger partial charge >= 0.3 is 0 Å². The van der Waals surface area contributed by atoms with E-state index in [1.807, 2.05) is 0 Å². The minimum Gasteiger partial charge on any atom is -0.455 e. The summed E-state index contributed by atoms with van der Waals surface area (Å²) in [5.74, 6) is 0. The van der Waals surface area contributed by atoms with Crippen molar-refractivity contribution in [2.24, 2.45) is 0 Å². The molecule has 0 saturated carbocycles. The Kier molecular flexibility index (Phi) is 6.93. The zero-order valence-electron chi connectivity index (χ0n) is 30.9. The highest BCUT2D eigenvalue weighted by Crippen LogP contribution is 2.43. The molecule has 3 nitrogen and oxygen atoms in total. The smallest absolute Gasteiger partial charge is 0.145 e. The maximum atomic E-state index is 6.72. The number of rotatable bonds is 5. The average Bonchev–Trinajstić information content (AvgIpc) is 3.94. The summed E-state index contributed by atoms with van der Waals surface area (Å²) in [4.78, 5) is 0. The third-order valence-corrected chi connectivity index (χ3v) is 11.7. The molecule has 266 valence electrons. The van der Waals surface area contributed by atoms with E-state index in [2.05, 4.69) is 215 Å². The van der Waals surface area contributed by atoms with Crippen LogP contribution in [-0.4, -0.2) is 9.13 Å². The van der Waals surface area contributed by atoms with E-state index >= 15 is 0 Å². The SMILES string of the molecule is c1ccc(-c2ccc(-n3c4ccccc4c4ccc(-c5ccc6c7ccccc7n(-c7ccc(-c8ccccc8)c8oc9ccccc9c78)c6c5)cc43)cc2)cc1. The molecule has 3 aromatic heterocycles. The van der Waals surface area contributed by atoms with Crippen LogP contribution in [0.15, 0.2) is 211 Å². The molecule has 0 spiro atoms. The van der Waals surface area contributed by atoms with Crippen LogP contribution in [0.3, 0.4) is 0 Å². The summed E-state index contributed by atoms with van der Waals surface area (Å²) in [5.41, 5.74) is 15.7. The number of furan rings is 1. The van der Waals surface area contributed by atoms with Crippen molar-refractivity contribution < 1.29 is 4.42 Å². The van der Waals surface area contributed by atoms with Crippen LogP contribution < -0.4 is 0 Å². The van der Waals surface area contributed by atoms with Crippen LogP contribution in [0.5, 0.6) is 0 Å². The number of aromatic nitrogens is 2. The summed E-state index contributed by atoms with van der Waals surface area (Å²) in [6, 6.07) is 74.4. The standard InChI is InChI=1S/C54H34N2O/c1-3-13-35(14-4-1)36-23-27-40(28-24-36)55-47-20-10-7-17-42(47)44-29-25-38(33-50(44)55)39-26-30-45-43-18-8-11-21-48(43)56(51(45)34-39)49-32-31-41(37-15-5-2-6-16-37)54-53(49)46-19-9-12-22-52(46)57-54/h1-34H. The van der Waals surface area contributed by atoms with Gasteiger partial charge in [0.2, 0.25) is 0 Å². The highest BCUT2D eigenvalue weighted by Gasteiger charge is 2.21. The van der Waals surface area contributed by atoms with Crippen LogP contribution in [0.1, 0.15) is 0 Å². The molecule has 0 atom stereocenters. The molecule has 0 amide bonds. The van der Waals surface area contributed by atoms with Crippen molar-refractivity contribution in [3.63, 3.8) is 0 Å². The topological polar surface area (TPSA) is 23.0 Å². The van der Waals surface area contributed by atoms with Crippen LogP contribution in [0.4, 0.5) is 0 Å². The van der Waals surface area contributed by atoms with E-state index in [1.54, 1.807) is 0 Å². The molecule has 12 rings (SSSR count). The molecule has 0 aliphatic heterocycles. The molecule has 9 aromatic carbocycles. The van der Waals surface area contributed by atoms with Gasteiger partial charge in [0.25, 0.3) is 0 Å². The minimum absolute atomic E-state index is 0.886. The molecule has 3 heterocycles. The van der Waals surface area contributed by atoms with Crippen LogP contribution in [0, 0.1) is 0 Å². The van der Waals surface area contributed by atoms with Gasteiger partial charge in [0.05, 0.1) is 33.1 Å². The van der Waals surface area contributed by atoms with Gasteiger partial charge in [-0.2, -0.15) is 0 Å². The molecule has 0 fully saturated rings. The number of nitrogens with zero attached hydrogens (tertiary/aromatic N) is 2. The monoisotopic (exact) mass is 726 g/mol. The second-order valence-corrected chi connectivity index (χ2v) is 14.9. The zero-order chi connectivity index (χ0) is 37.5. The van der Waals surface area contributed by atoms with Crippen molar-refractivity contribution in [2.75, 3.05) is 0 Å². The first-order chi connectivity index (χ1) is 28.3. The quantitative estimate of drug-likeness (QED) is 0.173. The molecule has 0 radical (unpaired) electrons. The molecule has 0 saturated heterocycles. The summed E-state index contributed by atoms with van der Waals surface area (Å²) >= 11 is 0. The van der Waals surface area contributed by atoms with Crippen LogP contribution in [-0.2, 0) is 0 Å². The van der Waals surface area contributed by atoms with Gasteiger partial charge in [0.1, 0.15) is 11.2 Å². The highest BCUT2D eigenvalue weighted by atomic mass is 16.3. The van der Waals surface area contributed by atoms with E-state index in [0.29, 0.717) is 0 Å². The molecule has 0 unspecified atom stereocenters. The van der Waals surface area contributed by atoms with Crippen LogP contribution >= 0.6 is 0 Å². The largest absolute Gasteiger partial charge is 0.455 e.